The normalized spacial score (nSPS) is 16.3. The summed E-state index contributed by atoms with van der Waals surface area (Å²) in [5.41, 5.74) is 3.49. The van der Waals surface area contributed by atoms with E-state index in [0.29, 0.717) is 12.1 Å². The van der Waals surface area contributed by atoms with E-state index in [1.807, 2.05) is 32.0 Å². The summed E-state index contributed by atoms with van der Waals surface area (Å²) in [6.07, 6.45) is 3.51. The molecule has 3 rings (SSSR count). The summed E-state index contributed by atoms with van der Waals surface area (Å²) in [4.78, 5) is 28.8. The molecule has 1 aliphatic rings. The molecule has 1 aromatic carbocycles. The fourth-order valence-corrected chi connectivity index (χ4v) is 3.05. The molecular weight excluding hydrogens is 330 g/mol. The zero-order valence-corrected chi connectivity index (χ0v) is 15.0. The first-order chi connectivity index (χ1) is 12.5. The van der Waals surface area contributed by atoms with Crippen LogP contribution in [0.25, 0.3) is 0 Å². The van der Waals surface area contributed by atoms with Gasteiger partial charge in [0.15, 0.2) is 0 Å². The van der Waals surface area contributed by atoms with Crippen molar-refractivity contribution in [2.24, 2.45) is 0 Å². The molecule has 6 nitrogen and oxygen atoms in total. The van der Waals surface area contributed by atoms with Crippen molar-refractivity contribution in [3.05, 3.63) is 58.9 Å². The molecule has 1 aromatic heterocycles. The van der Waals surface area contributed by atoms with E-state index in [2.05, 4.69) is 15.6 Å². The molecule has 1 aliphatic heterocycles. The Balaban J connectivity index is 1.65. The summed E-state index contributed by atoms with van der Waals surface area (Å²) in [6.45, 7) is 5.16. The first kappa shape index (κ1) is 18.1. The number of ether oxygens (including phenoxy) is 1. The Kier molecular flexibility index (Phi) is 5.63. The lowest BCUT2D eigenvalue weighted by molar-refractivity contribution is 0.0853. The van der Waals surface area contributed by atoms with Gasteiger partial charge in [-0.3, -0.25) is 14.6 Å². The Morgan fingerprint density at radius 1 is 1.15 bits per heavy atom. The Morgan fingerprint density at radius 3 is 2.62 bits per heavy atom. The molecule has 0 bridgehead atoms. The summed E-state index contributed by atoms with van der Waals surface area (Å²) >= 11 is 0. The quantitative estimate of drug-likeness (QED) is 0.866. The van der Waals surface area contributed by atoms with Crippen LogP contribution in [0.3, 0.4) is 0 Å². The molecular formula is C20H23N3O3. The largest absolute Gasteiger partial charge is 0.376 e. The average molecular weight is 353 g/mol. The number of carbonyl (C=O) groups is 2. The van der Waals surface area contributed by atoms with Crippen molar-refractivity contribution in [3.63, 3.8) is 0 Å². The van der Waals surface area contributed by atoms with Crippen LogP contribution < -0.4 is 10.6 Å². The van der Waals surface area contributed by atoms with Gasteiger partial charge in [0.05, 0.1) is 6.10 Å². The van der Waals surface area contributed by atoms with Crippen molar-refractivity contribution < 1.29 is 14.3 Å². The summed E-state index contributed by atoms with van der Waals surface area (Å²) in [6, 6.07) is 8.94. The van der Waals surface area contributed by atoms with E-state index >= 15 is 0 Å². The minimum absolute atomic E-state index is 0.0648. The summed E-state index contributed by atoms with van der Waals surface area (Å²) in [5.74, 6) is -0.577. The number of amides is 2. The molecule has 2 amide bonds. The Labute approximate surface area is 153 Å². The topological polar surface area (TPSA) is 80.3 Å². The monoisotopic (exact) mass is 353 g/mol. The van der Waals surface area contributed by atoms with Crippen molar-refractivity contribution in [2.45, 2.75) is 32.8 Å². The van der Waals surface area contributed by atoms with E-state index < -0.39 is 0 Å². The van der Waals surface area contributed by atoms with Gasteiger partial charge in [0.2, 0.25) is 0 Å². The van der Waals surface area contributed by atoms with Gasteiger partial charge in [-0.25, -0.2) is 0 Å². The van der Waals surface area contributed by atoms with Crippen LogP contribution in [0.5, 0.6) is 0 Å². The number of hydrogen-bond donors (Lipinski definition) is 2. The average Bonchev–Trinajstić information content (AvgIpc) is 3.12. The molecule has 0 saturated carbocycles. The van der Waals surface area contributed by atoms with Gasteiger partial charge in [-0.1, -0.05) is 6.07 Å². The third-order valence-corrected chi connectivity index (χ3v) is 4.25. The van der Waals surface area contributed by atoms with Gasteiger partial charge < -0.3 is 15.4 Å². The van der Waals surface area contributed by atoms with E-state index in [1.165, 1.54) is 12.3 Å². The van der Waals surface area contributed by atoms with E-state index in [0.717, 1.165) is 36.3 Å². The molecule has 2 heterocycles. The van der Waals surface area contributed by atoms with Crippen LogP contribution in [-0.2, 0) is 4.74 Å². The zero-order valence-electron chi connectivity index (χ0n) is 15.0. The van der Waals surface area contributed by atoms with Gasteiger partial charge >= 0.3 is 0 Å². The van der Waals surface area contributed by atoms with Crippen molar-refractivity contribution in [2.75, 3.05) is 18.5 Å². The number of benzene rings is 1. The summed E-state index contributed by atoms with van der Waals surface area (Å²) in [7, 11) is 0. The molecule has 6 heteroatoms. The van der Waals surface area contributed by atoms with Gasteiger partial charge in [0.25, 0.3) is 11.8 Å². The first-order valence-corrected chi connectivity index (χ1v) is 8.77. The second kappa shape index (κ2) is 8.10. The molecule has 1 fully saturated rings. The van der Waals surface area contributed by atoms with Crippen LogP contribution in [0.4, 0.5) is 5.69 Å². The van der Waals surface area contributed by atoms with Gasteiger partial charge in [-0.2, -0.15) is 0 Å². The van der Waals surface area contributed by atoms with E-state index in [4.69, 9.17) is 4.74 Å². The molecule has 0 radical (unpaired) electrons. The second-order valence-electron chi connectivity index (χ2n) is 6.61. The maximum absolute atomic E-state index is 12.5. The van der Waals surface area contributed by atoms with Crippen LogP contribution in [0.15, 0.2) is 36.5 Å². The van der Waals surface area contributed by atoms with E-state index in [1.54, 1.807) is 6.07 Å². The number of hydrogen-bond acceptors (Lipinski definition) is 4. The maximum atomic E-state index is 12.5. The number of aryl methyl sites for hydroxylation is 2. The van der Waals surface area contributed by atoms with Crippen LogP contribution in [0, 0.1) is 13.8 Å². The maximum Gasteiger partial charge on any atom is 0.269 e. The summed E-state index contributed by atoms with van der Waals surface area (Å²) in [5, 5.41) is 5.68. The molecule has 1 atom stereocenters. The van der Waals surface area contributed by atoms with Crippen LogP contribution in [-0.4, -0.2) is 36.1 Å². The van der Waals surface area contributed by atoms with E-state index in [9.17, 15) is 9.59 Å². The number of nitrogens with one attached hydrogen (secondary N) is 2. The van der Waals surface area contributed by atoms with Gasteiger partial charge in [0.1, 0.15) is 5.69 Å². The number of carbonyl (C=O) groups excluding carboxylic acids is 2. The minimum Gasteiger partial charge on any atom is -0.376 e. The SMILES string of the molecule is Cc1cc(C)cc(NC(=O)c2ccnc(C(=O)NCC3CCCO3)c2)c1. The lowest BCUT2D eigenvalue weighted by atomic mass is 10.1. The highest BCUT2D eigenvalue weighted by Crippen LogP contribution is 2.15. The molecule has 0 spiro atoms. The van der Waals surface area contributed by atoms with Gasteiger partial charge in [0, 0.05) is 30.6 Å². The highest BCUT2D eigenvalue weighted by molar-refractivity contribution is 6.05. The first-order valence-electron chi connectivity index (χ1n) is 8.77. The molecule has 0 aliphatic carbocycles. The molecule has 2 N–H and O–H groups in total. The van der Waals surface area contributed by atoms with Crippen LogP contribution >= 0.6 is 0 Å². The third kappa shape index (κ3) is 4.67. The Morgan fingerprint density at radius 2 is 1.92 bits per heavy atom. The second-order valence-corrected chi connectivity index (χ2v) is 6.61. The van der Waals surface area contributed by atoms with Crippen LogP contribution in [0.2, 0.25) is 0 Å². The number of aromatic nitrogens is 1. The molecule has 136 valence electrons. The number of anilines is 1. The predicted molar refractivity (Wildman–Crippen MR) is 99.4 cm³/mol. The molecule has 26 heavy (non-hydrogen) atoms. The lowest BCUT2D eigenvalue weighted by Crippen LogP contribution is -2.32. The molecule has 1 unspecified atom stereocenters. The fourth-order valence-electron chi connectivity index (χ4n) is 3.05. The Bertz CT molecular complexity index is 793. The van der Waals surface area contributed by atoms with Crippen molar-refractivity contribution in [3.8, 4) is 0 Å². The number of pyridine rings is 1. The van der Waals surface area contributed by atoms with Crippen molar-refractivity contribution >= 4 is 17.5 Å². The number of nitrogens with zero attached hydrogens (tertiary/aromatic N) is 1. The van der Waals surface area contributed by atoms with Crippen molar-refractivity contribution in [1.82, 2.24) is 10.3 Å². The van der Waals surface area contributed by atoms with Gasteiger partial charge in [-0.15, -0.1) is 0 Å². The number of rotatable bonds is 5. The zero-order chi connectivity index (χ0) is 18.5. The predicted octanol–water partition coefficient (Wildman–Crippen LogP) is 2.86. The van der Waals surface area contributed by atoms with E-state index in [-0.39, 0.29) is 23.6 Å². The highest BCUT2D eigenvalue weighted by Gasteiger charge is 2.18. The molecule has 2 aromatic rings. The lowest BCUT2D eigenvalue weighted by Gasteiger charge is -2.11. The Hall–Kier alpha value is -2.73. The third-order valence-electron chi connectivity index (χ3n) is 4.25. The van der Waals surface area contributed by atoms with Crippen LogP contribution in [0.1, 0.15) is 44.8 Å². The van der Waals surface area contributed by atoms with Crippen molar-refractivity contribution in [1.29, 1.82) is 0 Å². The molecule has 1 saturated heterocycles. The smallest absolute Gasteiger partial charge is 0.269 e. The summed E-state index contributed by atoms with van der Waals surface area (Å²) < 4.78 is 5.49. The van der Waals surface area contributed by atoms with Gasteiger partial charge in [-0.05, 0) is 62.1 Å². The minimum atomic E-state index is -0.304. The highest BCUT2D eigenvalue weighted by atomic mass is 16.5. The standard InChI is InChI=1S/C20H23N3O3/c1-13-8-14(2)10-16(9-13)23-19(24)15-5-6-21-18(11-15)20(25)22-12-17-4-3-7-26-17/h5-6,8-11,17H,3-4,7,12H2,1-2H3,(H,22,25)(H,23,24). The fraction of sp³-hybridized carbons (Fsp3) is 0.350.